The Labute approximate surface area is 127 Å². The Morgan fingerprint density at radius 1 is 0.773 bits per heavy atom. The summed E-state index contributed by atoms with van der Waals surface area (Å²) in [5.41, 5.74) is 1.87. The van der Waals surface area contributed by atoms with E-state index in [9.17, 15) is 14.4 Å². The van der Waals surface area contributed by atoms with Crippen LogP contribution in [0.3, 0.4) is 0 Å². The first-order valence-electron chi connectivity index (χ1n) is 6.89. The molecular formula is C17H14N2O3. The molecule has 5 nitrogen and oxygen atoms in total. The van der Waals surface area contributed by atoms with E-state index in [2.05, 4.69) is 0 Å². The molecule has 1 aliphatic heterocycles. The molecule has 110 valence electrons. The van der Waals surface area contributed by atoms with Crippen LogP contribution < -0.4 is 9.80 Å². The van der Waals surface area contributed by atoms with E-state index in [-0.39, 0.29) is 6.42 Å². The van der Waals surface area contributed by atoms with Crippen LogP contribution in [-0.4, -0.2) is 17.8 Å². The van der Waals surface area contributed by atoms with Crippen molar-refractivity contribution >= 4 is 29.2 Å². The molecule has 0 radical (unpaired) electrons. The van der Waals surface area contributed by atoms with E-state index in [1.54, 1.807) is 48.5 Å². The molecule has 0 N–H and O–H groups in total. The van der Waals surface area contributed by atoms with Crippen LogP contribution in [-0.2, 0) is 9.59 Å². The molecule has 2 aromatic rings. The van der Waals surface area contributed by atoms with E-state index in [0.717, 1.165) is 15.4 Å². The summed E-state index contributed by atoms with van der Waals surface area (Å²) in [5, 5.41) is 0. The van der Waals surface area contributed by atoms with Crippen molar-refractivity contribution in [2.45, 2.75) is 13.3 Å². The van der Waals surface area contributed by atoms with Crippen molar-refractivity contribution in [3.05, 3.63) is 60.2 Å². The van der Waals surface area contributed by atoms with Gasteiger partial charge < -0.3 is 0 Å². The molecule has 1 fully saturated rings. The molecule has 1 heterocycles. The Morgan fingerprint density at radius 3 is 2.00 bits per heavy atom. The number of urea groups is 1. The Bertz CT molecular complexity index is 756. The lowest BCUT2D eigenvalue weighted by Crippen LogP contribution is -2.55. The molecule has 0 saturated carbocycles. The van der Waals surface area contributed by atoms with Gasteiger partial charge in [-0.1, -0.05) is 30.3 Å². The van der Waals surface area contributed by atoms with Gasteiger partial charge in [0.1, 0.15) is 6.42 Å². The third kappa shape index (κ3) is 2.37. The monoisotopic (exact) mass is 294 g/mol. The van der Waals surface area contributed by atoms with Crippen molar-refractivity contribution in [2.75, 3.05) is 9.80 Å². The van der Waals surface area contributed by atoms with E-state index in [4.69, 9.17) is 0 Å². The predicted octanol–water partition coefficient (Wildman–Crippen LogP) is 2.88. The quantitative estimate of drug-likeness (QED) is 0.800. The number of rotatable bonds is 2. The number of aryl methyl sites for hydroxylation is 1. The average Bonchev–Trinajstić information content (AvgIpc) is 2.48. The molecule has 4 amide bonds. The predicted molar refractivity (Wildman–Crippen MR) is 82.6 cm³/mol. The van der Waals surface area contributed by atoms with Gasteiger partial charge in [0.2, 0.25) is 11.8 Å². The third-order valence-electron chi connectivity index (χ3n) is 3.46. The van der Waals surface area contributed by atoms with Gasteiger partial charge in [0.15, 0.2) is 0 Å². The maximum atomic E-state index is 12.7. The highest BCUT2D eigenvalue weighted by Gasteiger charge is 2.39. The smallest absolute Gasteiger partial charge is 0.273 e. The zero-order chi connectivity index (χ0) is 15.7. The minimum Gasteiger partial charge on any atom is -0.273 e. The second-order valence-corrected chi connectivity index (χ2v) is 5.09. The fraction of sp³-hybridized carbons (Fsp3) is 0.118. The zero-order valence-corrected chi connectivity index (χ0v) is 12.0. The molecule has 0 aromatic heterocycles. The van der Waals surface area contributed by atoms with Crippen LogP contribution in [0.5, 0.6) is 0 Å². The van der Waals surface area contributed by atoms with Crippen molar-refractivity contribution < 1.29 is 14.4 Å². The van der Waals surface area contributed by atoms with Gasteiger partial charge in [-0.25, -0.2) is 14.6 Å². The van der Waals surface area contributed by atoms with Crippen LogP contribution in [0.1, 0.15) is 12.0 Å². The zero-order valence-electron chi connectivity index (χ0n) is 12.0. The lowest BCUT2D eigenvalue weighted by molar-refractivity contribution is -0.126. The molecule has 5 heteroatoms. The number of benzene rings is 2. The van der Waals surface area contributed by atoms with Crippen molar-refractivity contribution in [1.29, 1.82) is 0 Å². The highest BCUT2D eigenvalue weighted by molar-refractivity contribution is 6.35. The van der Waals surface area contributed by atoms with Crippen LogP contribution in [0.2, 0.25) is 0 Å². The highest BCUT2D eigenvalue weighted by Crippen LogP contribution is 2.26. The fourth-order valence-electron chi connectivity index (χ4n) is 2.45. The van der Waals surface area contributed by atoms with Gasteiger partial charge >= 0.3 is 6.03 Å². The third-order valence-corrected chi connectivity index (χ3v) is 3.46. The number of carbonyl (C=O) groups excluding carboxylic acids is 3. The van der Waals surface area contributed by atoms with E-state index < -0.39 is 17.8 Å². The van der Waals surface area contributed by atoms with Crippen LogP contribution in [0.25, 0.3) is 0 Å². The average molecular weight is 294 g/mol. The summed E-state index contributed by atoms with van der Waals surface area (Å²) >= 11 is 0. The Morgan fingerprint density at radius 2 is 1.36 bits per heavy atom. The molecule has 0 spiro atoms. The molecule has 3 rings (SSSR count). The normalized spacial score (nSPS) is 15.4. The molecule has 1 saturated heterocycles. The summed E-state index contributed by atoms with van der Waals surface area (Å²) in [7, 11) is 0. The number of barbiturate groups is 1. The first-order valence-corrected chi connectivity index (χ1v) is 6.89. The van der Waals surface area contributed by atoms with Gasteiger partial charge in [-0.05, 0) is 36.8 Å². The van der Waals surface area contributed by atoms with Gasteiger partial charge in [0.05, 0.1) is 11.4 Å². The number of nitrogens with zero attached hydrogens (tertiary/aromatic N) is 2. The van der Waals surface area contributed by atoms with E-state index >= 15 is 0 Å². The molecule has 2 aromatic carbocycles. The van der Waals surface area contributed by atoms with Crippen LogP contribution in [0.15, 0.2) is 54.6 Å². The van der Waals surface area contributed by atoms with Gasteiger partial charge in [-0.3, -0.25) is 9.59 Å². The van der Waals surface area contributed by atoms with Crippen molar-refractivity contribution in [3.8, 4) is 0 Å². The van der Waals surface area contributed by atoms with Crippen molar-refractivity contribution in [2.24, 2.45) is 0 Å². The Balaban J connectivity index is 2.03. The molecule has 1 aliphatic rings. The number of amides is 4. The molecule has 0 unspecified atom stereocenters. The molecule has 0 bridgehead atoms. The van der Waals surface area contributed by atoms with Gasteiger partial charge in [0, 0.05) is 0 Å². The minimum atomic E-state index is -0.641. The Kier molecular flexibility index (Phi) is 3.47. The standard InChI is InChI=1S/C17H14N2O3/c1-12-6-5-9-14(10-12)19-16(21)11-15(20)18(17(19)22)13-7-3-2-4-8-13/h2-10H,11H2,1H3. The summed E-state index contributed by atoms with van der Waals surface area (Å²) in [5.74, 6) is -1.02. The lowest BCUT2D eigenvalue weighted by atomic mass is 10.1. The van der Waals surface area contributed by atoms with E-state index in [1.807, 2.05) is 13.0 Å². The molecule has 22 heavy (non-hydrogen) atoms. The maximum Gasteiger partial charge on any atom is 0.342 e. The summed E-state index contributed by atoms with van der Waals surface area (Å²) in [4.78, 5) is 39.0. The van der Waals surface area contributed by atoms with Crippen molar-refractivity contribution in [1.82, 2.24) is 0 Å². The second kappa shape index (κ2) is 5.44. The SMILES string of the molecule is Cc1cccc(N2C(=O)CC(=O)N(c3ccccc3)C2=O)c1. The van der Waals surface area contributed by atoms with Gasteiger partial charge in [-0.15, -0.1) is 0 Å². The van der Waals surface area contributed by atoms with Gasteiger partial charge in [0.25, 0.3) is 0 Å². The largest absolute Gasteiger partial charge is 0.342 e. The van der Waals surface area contributed by atoms with Gasteiger partial charge in [-0.2, -0.15) is 0 Å². The molecule has 0 aliphatic carbocycles. The lowest BCUT2D eigenvalue weighted by Gasteiger charge is -2.32. The highest BCUT2D eigenvalue weighted by atomic mass is 16.2. The number of para-hydroxylation sites is 1. The molecule has 0 atom stereocenters. The summed E-state index contributed by atoms with van der Waals surface area (Å²) in [6.07, 6.45) is -0.325. The van der Waals surface area contributed by atoms with Crippen LogP contribution in [0.4, 0.5) is 16.2 Å². The summed E-state index contributed by atoms with van der Waals surface area (Å²) in [6.45, 7) is 1.88. The first-order chi connectivity index (χ1) is 10.6. The minimum absolute atomic E-state index is 0.325. The topological polar surface area (TPSA) is 57.7 Å². The number of anilines is 2. The number of carbonyl (C=O) groups is 3. The number of hydrogen-bond acceptors (Lipinski definition) is 3. The van der Waals surface area contributed by atoms with E-state index in [1.165, 1.54) is 0 Å². The number of hydrogen-bond donors (Lipinski definition) is 0. The molecular weight excluding hydrogens is 280 g/mol. The summed E-state index contributed by atoms with van der Waals surface area (Å²) in [6, 6.07) is 15.0. The van der Waals surface area contributed by atoms with Crippen LogP contribution >= 0.6 is 0 Å². The van der Waals surface area contributed by atoms with E-state index in [0.29, 0.717) is 11.4 Å². The fourth-order valence-corrected chi connectivity index (χ4v) is 2.45. The second-order valence-electron chi connectivity index (χ2n) is 5.09. The van der Waals surface area contributed by atoms with Crippen molar-refractivity contribution in [3.63, 3.8) is 0 Å². The first kappa shape index (κ1) is 14.0. The number of imide groups is 2. The Hall–Kier alpha value is -2.95. The van der Waals surface area contributed by atoms with Crippen LogP contribution in [0, 0.1) is 6.92 Å². The maximum absolute atomic E-state index is 12.7. The summed E-state index contributed by atoms with van der Waals surface area (Å²) < 4.78 is 0.